The van der Waals surface area contributed by atoms with Crippen molar-refractivity contribution >= 4 is 5.97 Å². The normalized spacial score (nSPS) is 10.5. The molecule has 1 N–H and O–H groups in total. The highest BCUT2D eigenvalue weighted by molar-refractivity contribution is 5.85. The van der Waals surface area contributed by atoms with Crippen LogP contribution in [0.5, 0.6) is 0 Å². The molecule has 0 amide bonds. The molecular weight excluding hydrogens is 216 g/mol. The maximum Gasteiger partial charge on any atom is 0.356 e. The number of benzene rings is 1. The summed E-state index contributed by atoms with van der Waals surface area (Å²) in [5.41, 5.74) is 2.24. The van der Waals surface area contributed by atoms with E-state index in [-0.39, 0.29) is 5.69 Å². The second-order valence-electron chi connectivity index (χ2n) is 3.83. The Bertz CT molecular complexity index is 558. The zero-order valence-corrected chi connectivity index (χ0v) is 9.84. The van der Waals surface area contributed by atoms with E-state index >= 15 is 0 Å². The highest BCUT2D eigenvalue weighted by Gasteiger charge is 2.12. The van der Waals surface area contributed by atoms with Crippen molar-refractivity contribution in [3.63, 3.8) is 0 Å². The Hall–Kier alpha value is -2.10. The molecule has 0 aliphatic rings. The van der Waals surface area contributed by atoms with Gasteiger partial charge in [-0.15, -0.1) is 0 Å². The molecule has 1 aromatic heterocycles. The fourth-order valence-electron chi connectivity index (χ4n) is 1.86. The van der Waals surface area contributed by atoms with Crippen LogP contribution < -0.4 is 0 Å². The van der Waals surface area contributed by atoms with Gasteiger partial charge in [-0.05, 0) is 25.0 Å². The Morgan fingerprint density at radius 1 is 1.41 bits per heavy atom. The van der Waals surface area contributed by atoms with Crippen molar-refractivity contribution in [3.05, 3.63) is 47.5 Å². The first-order valence-corrected chi connectivity index (χ1v) is 5.51. The lowest BCUT2D eigenvalue weighted by atomic mass is 10.1. The molecule has 0 aliphatic heterocycles. The van der Waals surface area contributed by atoms with Crippen LogP contribution in [-0.2, 0) is 6.42 Å². The highest BCUT2D eigenvalue weighted by atomic mass is 16.4. The zero-order valence-electron chi connectivity index (χ0n) is 9.84. The van der Waals surface area contributed by atoms with Crippen LogP contribution in [0.25, 0.3) is 5.69 Å². The Morgan fingerprint density at radius 2 is 2.12 bits per heavy atom. The van der Waals surface area contributed by atoms with Gasteiger partial charge < -0.3 is 9.67 Å². The van der Waals surface area contributed by atoms with E-state index in [2.05, 4.69) is 11.9 Å². The fraction of sp³-hybridized carbons (Fsp3) is 0.231. The van der Waals surface area contributed by atoms with Crippen LogP contribution in [0, 0.1) is 6.92 Å². The fourth-order valence-corrected chi connectivity index (χ4v) is 1.86. The van der Waals surface area contributed by atoms with Gasteiger partial charge in [0.2, 0.25) is 0 Å². The monoisotopic (exact) mass is 230 g/mol. The van der Waals surface area contributed by atoms with Gasteiger partial charge in [0, 0.05) is 11.9 Å². The maximum atomic E-state index is 10.9. The Kier molecular flexibility index (Phi) is 2.95. The van der Waals surface area contributed by atoms with Crippen LogP contribution >= 0.6 is 0 Å². The third kappa shape index (κ3) is 2.06. The molecule has 0 unspecified atom stereocenters. The summed E-state index contributed by atoms with van der Waals surface area (Å²) in [5.74, 6) is -0.316. The number of imidazole rings is 1. The van der Waals surface area contributed by atoms with Gasteiger partial charge in [0.15, 0.2) is 5.69 Å². The number of para-hydroxylation sites is 1. The molecule has 2 rings (SSSR count). The van der Waals surface area contributed by atoms with E-state index in [1.54, 1.807) is 13.1 Å². The van der Waals surface area contributed by atoms with E-state index < -0.39 is 5.97 Å². The number of aryl methyl sites for hydroxylation is 2. The lowest BCUT2D eigenvalue weighted by Crippen LogP contribution is -1.99. The number of aromatic carboxylic acids is 1. The number of nitrogens with zero attached hydrogens (tertiary/aromatic N) is 2. The molecule has 0 bridgehead atoms. The molecule has 0 saturated carbocycles. The van der Waals surface area contributed by atoms with Crippen molar-refractivity contribution in [2.75, 3.05) is 0 Å². The largest absolute Gasteiger partial charge is 0.476 e. The molecule has 17 heavy (non-hydrogen) atoms. The van der Waals surface area contributed by atoms with Crippen LogP contribution in [0.3, 0.4) is 0 Å². The van der Waals surface area contributed by atoms with Crippen molar-refractivity contribution in [2.45, 2.75) is 20.3 Å². The molecule has 2 aromatic rings. The number of hydrogen-bond donors (Lipinski definition) is 1. The quantitative estimate of drug-likeness (QED) is 0.881. The number of aromatic nitrogens is 2. The van der Waals surface area contributed by atoms with Crippen molar-refractivity contribution in [1.82, 2.24) is 9.55 Å². The van der Waals surface area contributed by atoms with Crippen LogP contribution in [0.2, 0.25) is 0 Å². The molecule has 0 atom stereocenters. The molecule has 0 fully saturated rings. The van der Waals surface area contributed by atoms with Crippen molar-refractivity contribution < 1.29 is 9.90 Å². The van der Waals surface area contributed by atoms with E-state index in [9.17, 15) is 4.79 Å². The summed E-state index contributed by atoms with van der Waals surface area (Å²) in [6.45, 7) is 3.88. The van der Waals surface area contributed by atoms with E-state index in [4.69, 9.17) is 5.11 Å². The van der Waals surface area contributed by atoms with Crippen LogP contribution in [0.15, 0.2) is 30.5 Å². The van der Waals surface area contributed by atoms with Gasteiger partial charge in [-0.25, -0.2) is 9.78 Å². The molecular formula is C13H14N2O2. The van der Waals surface area contributed by atoms with Gasteiger partial charge in [0.1, 0.15) is 5.82 Å². The summed E-state index contributed by atoms with van der Waals surface area (Å²) in [5, 5.41) is 8.92. The summed E-state index contributed by atoms with van der Waals surface area (Å²) < 4.78 is 1.82. The number of carboxylic acid groups (broad SMARTS) is 1. The van der Waals surface area contributed by atoms with Crippen LogP contribution in [-0.4, -0.2) is 20.6 Å². The Balaban J connectivity index is 2.56. The molecule has 1 aromatic carbocycles. The average Bonchev–Trinajstić information content (AvgIpc) is 2.71. The van der Waals surface area contributed by atoms with E-state index in [0.717, 1.165) is 12.1 Å². The smallest absolute Gasteiger partial charge is 0.356 e. The molecule has 4 heteroatoms. The van der Waals surface area contributed by atoms with Gasteiger partial charge in [-0.2, -0.15) is 0 Å². The molecule has 0 saturated heterocycles. The van der Waals surface area contributed by atoms with Gasteiger partial charge in [-0.3, -0.25) is 0 Å². The van der Waals surface area contributed by atoms with Crippen molar-refractivity contribution in [2.24, 2.45) is 0 Å². The first-order valence-electron chi connectivity index (χ1n) is 5.51. The first kappa shape index (κ1) is 11.4. The molecule has 0 spiro atoms. The average molecular weight is 230 g/mol. The third-order valence-corrected chi connectivity index (χ3v) is 2.73. The number of carboxylic acids is 1. The van der Waals surface area contributed by atoms with E-state index in [1.807, 2.05) is 28.8 Å². The van der Waals surface area contributed by atoms with Gasteiger partial charge >= 0.3 is 5.97 Å². The van der Waals surface area contributed by atoms with Crippen LogP contribution in [0.4, 0.5) is 0 Å². The predicted octanol–water partition coefficient (Wildman–Crippen LogP) is 2.44. The molecule has 0 radical (unpaired) electrons. The lowest BCUT2D eigenvalue weighted by molar-refractivity contribution is 0.0691. The van der Waals surface area contributed by atoms with Crippen LogP contribution in [0.1, 0.15) is 28.8 Å². The maximum absolute atomic E-state index is 10.9. The minimum absolute atomic E-state index is 0.0772. The molecule has 1 heterocycles. The summed E-state index contributed by atoms with van der Waals surface area (Å²) in [7, 11) is 0. The number of rotatable bonds is 3. The summed E-state index contributed by atoms with van der Waals surface area (Å²) in [6, 6.07) is 7.93. The van der Waals surface area contributed by atoms with E-state index in [0.29, 0.717) is 5.82 Å². The van der Waals surface area contributed by atoms with Crippen molar-refractivity contribution in [1.29, 1.82) is 0 Å². The van der Waals surface area contributed by atoms with E-state index in [1.165, 1.54) is 5.56 Å². The van der Waals surface area contributed by atoms with Gasteiger partial charge in [-0.1, -0.05) is 25.1 Å². The molecule has 4 nitrogen and oxygen atoms in total. The minimum Gasteiger partial charge on any atom is -0.476 e. The van der Waals surface area contributed by atoms with Crippen molar-refractivity contribution in [3.8, 4) is 5.69 Å². The summed E-state index contributed by atoms with van der Waals surface area (Å²) >= 11 is 0. The van der Waals surface area contributed by atoms with Gasteiger partial charge in [0.05, 0.1) is 0 Å². The number of carbonyl (C=O) groups is 1. The zero-order chi connectivity index (χ0) is 12.4. The molecule has 0 aliphatic carbocycles. The summed E-state index contributed by atoms with van der Waals surface area (Å²) in [6.07, 6.45) is 2.46. The summed E-state index contributed by atoms with van der Waals surface area (Å²) in [4.78, 5) is 14.9. The Labute approximate surface area is 99.5 Å². The standard InChI is InChI=1S/C13H14N2O2/c1-3-10-6-4-5-7-12(10)15-8-11(13(16)17)14-9(15)2/h4-8H,3H2,1-2H3,(H,16,17). The SMILES string of the molecule is CCc1ccccc1-n1cc(C(=O)O)nc1C. The minimum atomic E-state index is -0.999. The predicted molar refractivity (Wildman–Crippen MR) is 64.6 cm³/mol. The second kappa shape index (κ2) is 4.41. The highest BCUT2D eigenvalue weighted by Crippen LogP contribution is 2.17. The number of hydrogen-bond acceptors (Lipinski definition) is 2. The third-order valence-electron chi connectivity index (χ3n) is 2.73. The molecule has 88 valence electrons. The second-order valence-corrected chi connectivity index (χ2v) is 3.83. The lowest BCUT2D eigenvalue weighted by Gasteiger charge is -2.09. The topological polar surface area (TPSA) is 55.1 Å². The first-order chi connectivity index (χ1) is 8.13. The Morgan fingerprint density at radius 3 is 2.71 bits per heavy atom. The van der Waals surface area contributed by atoms with Gasteiger partial charge in [0.25, 0.3) is 0 Å².